The van der Waals surface area contributed by atoms with Crippen molar-refractivity contribution in [2.45, 2.75) is 58.8 Å². The molecule has 0 aromatic heterocycles. The number of unbranched alkanes of at least 4 members (excludes halogenated alkanes) is 1. The Labute approximate surface area is 225 Å². The first-order chi connectivity index (χ1) is 18.4. The third kappa shape index (κ3) is 12.6. The van der Waals surface area contributed by atoms with Crippen LogP contribution in [0.3, 0.4) is 0 Å². The number of aliphatic hydroxyl groups excluding tert-OH is 1. The van der Waals surface area contributed by atoms with Gasteiger partial charge in [-0.25, -0.2) is 14.4 Å². The Morgan fingerprint density at radius 3 is 2.03 bits per heavy atom. The van der Waals surface area contributed by atoms with E-state index >= 15 is 0 Å². The summed E-state index contributed by atoms with van der Waals surface area (Å²) in [6, 6.07) is 17.5. The van der Waals surface area contributed by atoms with E-state index in [1.807, 2.05) is 60.7 Å². The number of urea groups is 1. The zero-order valence-electron chi connectivity index (χ0n) is 22.4. The number of hydrogen-bond donors (Lipinski definition) is 3. The smallest absolute Gasteiger partial charge is 0.407 e. The Morgan fingerprint density at radius 2 is 1.45 bits per heavy atom. The highest BCUT2D eigenvalue weighted by Gasteiger charge is 2.25. The average Bonchev–Trinajstić information content (AvgIpc) is 2.92. The molecular formula is C29H41N3O6. The molecule has 1 atom stereocenters. The lowest BCUT2D eigenvalue weighted by Gasteiger charge is -2.26. The Kier molecular flexibility index (Phi) is 14.3. The summed E-state index contributed by atoms with van der Waals surface area (Å²) in [4.78, 5) is 39.3. The van der Waals surface area contributed by atoms with E-state index in [-0.39, 0.29) is 26.4 Å². The summed E-state index contributed by atoms with van der Waals surface area (Å²) in [6.45, 7) is 5.28. The molecule has 0 fully saturated rings. The molecule has 2 rings (SSSR count). The average molecular weight is 528 g/mol. The number of aliphatic hydroxyl groups is 1. The third-order valence-corrected chi connectivity index (χ3v) is 5.84. The van der Waals surface area contributed by atoms with Crippen molar-refractivity contribution in [1.29, 1.82) is 0 Å². The van der Waals surface area contributed by atoms with Crippen molar-refractivity contribution in [1.82, 2.24) is 15.5 Å². The maximum Gasteiger partial charge on any atom is 0.407 e. The van der Waals surface area contributed by atoms with Gasteiger partial charge in [0.25, 0.3) is 0 Å². The van der Waals surface area contributed by atoms with Gasteiger partial charge in [0, 0.05) is 19.6 Å². The number of carbonyl (C=O) groups excluding carboxylic acids is 3. The molecule has 0 spiro atoms. The summed E-state index contributed by atoms with van der Waals surface area (Å²) >= 11 is 0. The molecule has 0 heterocycles. The number of esters is 1. The quantitative estimate of drug-likeness (QED) is 0.222. The number of ether oxygens (including phenoxy) is 2. The van der Waals surface area contributed by atoms with Crippen molar-refractivity contribution in [3.8, 4) is 0 Å². The molecule has 0 aliphatic carbocycles. The van der Waals surface area contributed by atoms with Gasteiger partial charge in [0.05, 0.1) is 6.61 Å². The van der Waals surface area contributed by atoms with Crippen molar-refractivity contribution >= 4 is 18.1 Å². The molecule has 2 aromatic carbocycles. The van der Waals surface area contributed by atoms with Gasteiger partial charge in [0.15, 0.2) is 0 Å². The molecule has 0 bridgehead atoms. The number of benzene rings is 2. The molecule has 208 valence electrons. The second-order valence-electron chi connectivity index (χ2n) is 9.47. The molecule has 0 aliphatic heterocycles. The van der Waals surface area contributed by atoms with Crippen LogP contribution in [0.4, 0.5) is 9.59 Å². The standard InChI is InChI=1S/C29H41N3O6/c1-23(2)16-18-32(19-20-33)28(35)31-26(27(34)37-21-24-11-5-3-6-12-24)15-9-10-17-30-29(36)38-22-25-13-7-4-8-14-25/h3-8,11-14,23,26,33H,9-10,15-22H2,1-2H3,(H,30,36)(H,31,35)/t26-/m0/s1. The van der Waals surface area contributed by atoms with Gasteiger partial charge in [0.1, 0.15) is 19.3 Å². The van der Waals surface area contributed by atoms with E-state index in [0.29, 0.717) is 38.3 Å². The van der Waals surface area contributed by atoms with E-state index in [1.54, 1.807) is 0 Å². The molecule has 9 nitrogen and oxygen atoms in total. The number of carbonyl (C=O) groups is 3. The minimum absolute atomic E-state index is 0.106. The molecule has 3 amide bonds. The van der Waals surface area contributed by atoms with Gasteiger partial charge in [-0.05, 0) is 42.7 Å². The van der Waals surface area contributed by atoms with Crippen LogP contribution in [0.2, 0.25) is 0 Å². The first kappa shape index (κ1) is 30.6. The topological polar surface area (TPSA) is 117 Å². The Bertz CT molecular complexity index is 955. The van der Waals surface area contributed by atoms with Crippen LogP contribution < -0.4 is 10.6 Å². The molecule has 9 heteroatoms. The maximum absolute atomic E-state index is 12.9. The SMILES string of the molecule is CC(C)CCN(CCO)C(=O)N[C@@H](CCCCNC(=O)OCc1ccccc1)C(=O)OCc1ccccc1. The van der Waals surface area contributed by atoms with Crippen molar-refractivity contribution in [2.24, 2.45) is 5.92 Å². The lowest BCUT2D eigenvalue weighted by molar-refractivity contribution is -0.147. The summed E-state index contributed by atoms with van der Waals surface area (Å²) < 4.78 is 10.7. The summed E-state index contributed by atoms with van der Waals surface area (Å²) in [5.41, 5.74) is 1.75. The summed E-state index contributed by atoms with van der Waals surface area (Å²) in [7, 11) is 0. The van der Waals surface area contributed by atoms with Gasteiger partial charge in [-0.3, -0.25) is 0 Å². The van der Waals surface area contributed by atoms with Crippen LogP contribution in [-0.2, 0) is 27.5 Å². The van der Waals surface area contributed by atoms with Gasteiger partial charge in [-0.1, -0.05) is 74.5 Å². The Morgan fingerprint density at radius 1 is 0.842 bits per heavy atom. The van der Waals surface area contributed by atoms with E-state index in [4.69, 9.17) is 9.47 Å². The zero-order valence-corrected chi connectivity index (χ0v) is 22.4. The number of amides is 3. The van der Waals surface area contributed by atoms with Crippen LogP contribution in [0.1, 0.15) is 50.7 Å². The van der Waals surface area contributed by atoms with Crippen molar-refractivity contribution in [2.75, 3.05) is 26.2 Å². The fraction of sp³-hybridized carbons (Fsp3) is 0.483. The normalized spacial score (nSPS) is 11.5. The monoisotopic (exact) mass is 527 g/mol. The molecule has 0 saturated carbocycles. The lowest BCUT2D eigenvalue weighted by Crippen LogP contribution is -2.49. The fourth-order valence-corrected chi connectivity index (χ4v) is 3.61. The second-order valence-corrected chi connectivity index (χ2v) is 9.47. The fourth-order valence-electron chi connectivity index (χ4n) is 3.61. The molecule has 0 aliphatic rings. The van der Waals surface area contributed by atoms with Gasteiger partial charge < -0.3 is 30.1 Å². The predicted octanol–water partition coefficient (Wildman–Crippen LogP) is 4.25. The maximum atomic E-state index is 12.9. The zero-order chi connectivity index (χ0) is 27.6. The first-order valence-electron chi connectivity index (χ1n) is 13.2. The van der Waals surface area contributed by atoms with Crippen LogP contribution in [0.15, 0.2) is 60.7 Å². The summed E-state index contributed by atoms with van der Waals surface area (Å²) in [5, 5.41) is 14.9. The highest BCUT2D eigenvalue weighted by molar-refractivity contribution is 5.83. The highest BCUT2D eigenvalue weighted by Crippen LogP contribution is 2.09. The summed E-state index contributed by atoms with van der Waals surface area (Å²) in [5.74, 6) is -0.132. The molecule has 0 saturated heterocycles. The highest BCUT2D eigenvalue weighted by atomic mass is 16.5. The number of nitrogens with one attached hydrogen (secondary N) is 2. The van der Waals surface area contributed by atoms with Crippen molar-refractivity contribution in [3.63, 3.8) is 0 Å². The van der Waals surface area contributed by atoms with Gasteiger partial charge in [0.2, 0.25) is 0 Å². The number of alkyl carbamates (subject to hydrolysis) is 1. The minimum atomic E-state index is -0.850. The first-order valence-corrected chi connectivity index (χ1v) is 13.2. The molecule has 38 heavy (non-hydrogen) atoms. The molecular weight excluding hydrogens is 486 g/mol. The van der Waals surface area contributed by atoms with Gasteiger partial charge in [-0.2, -0.15) is 0 Å². The third-order valence-electron chi connectivity index (χ3n) is 5.84. The largest absolute Gasteiger partial charge is 0.459 e. The van der Waals surface area contributed by atoms with E-state index in [2.05, 4.69) is 24.5 Å². The van der Waals surface area contributed by atoms with E-state index in [1.165, 1.54) is 4.90 Å². The van der Waals surface area contributed by atoms with Crippen LogP contribution in [0, 0.1) is 5.92 Å². The Hall–Kier alpha value is -3.59. The lowest BCUT2D eigenvalue weighted by atomic mass is 10.1. The van der Waals surface area contributed by atoms with E-state index in [9.17, 15) is 19.5 Å². The summed E-state index contributed by atoms with van der Waals surface area (Å²) in [6.07, 6.45) is 1.77. The Balaban J connectivity index is 1.85. The van der Waals surface area contributed by atoms with E-state index in [0.717, 1.165) is 17.5 Å². The molecule has 0 radical (unpaired) electrons. The van der Waals surface area contributed by atoms with Gasteiger partial charge >= 0.3 is 18.1 Å². The molecule has 2 aromatic rings. The van der Waals surface area contributed by atoms with Crippen molar-refractivity contribution in [3.05, 3.63) is 71.8 Å². The minimum Gasteiger partial charge on any atom is -0.459 e. The number of nitrogens with zero attached hydrogens (tertiary/aromatic N) is 1. The van der Waals surface area contributed by atoms with Crippen molar-refractivity contribution < 1.29 is 29.0 Å². The second kappa shape index (κ2) is 17.8. The van der Waals surface area contributed by atoms with E-state index < -0.39 is 24.1 Å². The predicted molar refractivity (Wildman–Crippen MR) is 145 cm³/mol. The van der Waals surface area contributed by atoms with Crippen LogP contribution in [0.5, 0.6) is 0 Å². The molecule has 3 N–H and O–H groups in total. The van der Waals surface area contributed by atoms with Crippen LogP contribution >= 0.6 is 0 Å². The number of hydrogen-bond acceptors (Lipinski definition) is 6. The molecule has 0 unspecified atom stereocenters. The van der Waals surface area contributed by atoms with Gasteiger partial charge in [-0.15, -0.1) is 0 Å². The van der Waals surface area contributed by atoms with Crippen LogP contribution in [0.25, 0.3) is 0 Å². The number of rotatable bonds is 16. The van der Waals surface area contributed by atoms with Crippen LogP contribution in [-0.4, -0.2) is 60.4 Å².